The van der Waals surface area contributed by atoms with Crippen LogP contribution in [0, 0.1) is 0 Å². The highest BCUT2D eigenvalue weighted by Gasteiger charge is 2.54. The Labute approximate surface area is 401 Å². The molecule has 2 saturated carbocycles. The maximum atomic E-state index is 6.86. The number of fused-ring (bicyclic) bond motifs is 2. The van der Waals surface area contributed by atoms with E-state index in [1.807, 2.05) is 109 Å². The zero-order valence-corrected chi connectivity index (χ0v) is 39.0. The molecule has 4 heterocycles. The average molecular weight is 933 g/mol. The first kappa shape index (κ1) is 47.8. The molecule has 12 atom stereocenters. The van der Waals surface area contributed by atoms with E-state index >= 15 is 0 Å². The fourth-order valence-corrected chi connectivity index (χ4v) is 10.4. The van der Waals surface area contributed by atoms with Gasteiger partial charge in [-0.2, -0.15) is 0 Å². The number of hydrogen-bond acceptors (Lipinski definition) is 12. The summed E-state index contributed by atoms with van der Waals surface area (Å²) in [5.41, 5.74) is 3.98. The maximum absolute atomic E-state index is 6.86. The molecule has 4 aliphatic heterocycles. The molecule has 10 rings (SSSR count). The van der Waals surface area contributed by atoms with E-state index in [1.54, 1.807) is 0 Å². The Morgan fingerprint density at radius 3 is 1.19 bits per heavy atom. The van der Waals surface area contributed by atoms with Gasteiger partial charge in [-0.05, 0) is 36.8 Å². The number of rotatable bonds is 18. The lowest BCUT2D eigenvalue weighted by Crippen LogP contribution is -2.64. The molecule has 0 spiro atoms. The summed E-state index contributed by atoms with van der Waals surface area (Å²) in [4.78, 5) is 0. The van der Waals surface area contributed by atoms with Crippen LogP contribution in [-0.2, 0) is 70.1 Å². The topological polar surface area (TPSA) is 111 Å². The third kappa shape index (κ3) is 12.4. The molecular formula is C56H68O12. The van der Waals surface area contributed by atoms with Gasteiger partial charge in [0.15, 0.2) is 25.2 Å². The Bertz CT molecular complexity index is 1930. The molecule has 364 valence electrons. The minimum atomic E-state index is -0.683. The second-order valence-corrected chi connectivity index (χ2v) is 18.8. The zero-order valence-electron chi connectivity index (χ0n) is 39.0. The predicted octanol–water partition coefficient (Wildman–Crippen LogP) is 9.86. The van der Waals surface area contributed by atoms with Crippen LogP contribution in [0.15, 0.2) is 133 Å². The fraction of sp³-hybridized carbons (Fsp3) is 0.536. The van der Waals surface area contributed by atoms with Crippen molar-refractivity contribution in [2.45, 2.75) is 164 Å². The molecule has 0 amide bonds. The van der Waals surface area contributed by atoms with E-state index in [1.165, 1.54) is 12.8 Å². The second-order valence-electron chi connectivity index (χ2n) is 18.8. The Hall–Kier alpha value is -3.86. The first-order valence-corrected chi connectivity index (χ1v) is 25.2. The van der Waals surface area contributed by atoms with Gasteiger partial charge >= 0.3 is 0 Å². The van der Waals surface area contributed by atoms with Crippen molar-refractivity contribution in [3.63, 3.8) is 0 Å². The Morgan fingerprint density at radius 1 is 0.412 bits per heavy atom. The molecule has 0 aromatic heterocycles. The first-order valence-electron chi connectivity index (χ1n) is 25.2. The molecule has 4 aromatic rings. The number of benzene rings is 4. The molecule has 6 fully saturated rings. The summed E-state index contributed by atoms with van der Waals surface area (Å²) < 4.78 is 80.6. The highest BCUT2D eigenvalue weighted by molar-refractivity contribution is 5.19. The maximum Gasteiger partial charge on any atom is 0.187 e. The van der Waals surface area contributed by atoms with Gasteiger partial charge in [0.1, 0.15) is 48.8 Å². The molecule has 6 aliphatic rings. The fourth-order valence-electron chi connectivity index (χ4n) is 10.4. The van der Waals surface area contributed by atoms with Crippen LogP contribution in [0.5, 0.6) is 0 Å². The summed E-state index contributed by atoms with van der Waals surface area (Å²) in [5, 5.41) is 0. The normalized spacial score (nSPS) is 32.6. The van der Waals surface area contributed by atoms with Gasteiger partial charge in [-0.15, -0.1) is 0 Å². The molecular weight excluding hydrogens is 865 g/mol. The van der Waals surface area contributed by atoms with Crippen molar-refractivity contribution in [2.75, 3.05) is 26.4 Å². The molecule has 0 bridgehead atoms. The molecule has 0 N–H and O–H groups in total. The van der Waals surface area contributed by atoms with Gasteiger partial charge in [0.2, 0.25) is 0 Å². The lowest BCUT2D eigenvalue weighted by atomic mass is 9.95. The summed E-state index contributed by atoms with van der Waals surface area (Å²) in [6, 6.07) is 40.4. The minimum Gasteiger partial charge on any atom is -0.368 e. The monoisotopic (exact) mass is 932 g/mol. The molecule has 2 unspecified atom stereocenters. The van der Waals surface area contributed by atoms with Crippen molar-refractivity contribution >= 4 is 0 Å². The molecule has 12 nitrogen and oxygen atoms in total. The molecule has 4 saturated heterocycles. The van der Waals surface area contributed by atoms with Crippen molar-refractivity contribution in [1.29, 1.82) is 0 Å². The van der Waals surface area contributed by atoms with Crippen molar-refractivity contribution < 1.29 is 56.8 Å². The van der Waals surface area contributed by atoms with Gasteiger partial charge in [0, 0.05) is 11.1 Å². The summed E-state index contributed by atoms with van der Waals surface area (Å²) >= 11 is 0. The van der Waals surface area contributed by atoms with E-state index in [0.29, 0.717) is 26.4 Å². The molecule has 2 aliphatic carbocycles. The van der Waals surface area contributed by atoms with Crippen molar-refractivity contribution in [1.82, 2.24) is 0 Å². The van der Waals surface area contributed by atoms with E-state index in [0.717, 1.165) is 73.6 Å². The van der Waals surface area contributed by atoms with Crippen LogP contribution >= 0.6 is 0 Å². The van der Waals surface area contributed by atoms with E-state index in [2.05, 4.69) is 24.3 Å². The van der Waals surface area contributed by atoms with Crippen molar-refractivity contribution in [3.8, 4) is 0 Å². The summed E-state index contributed by atoms with van der Waals surface area (Å²) in [6.45, 7) is 1.93. The molecule has 12 heteroatoms. The van der Waals surface area contributed by atoms with Crippen LogP contribution in [0.1, 0.15) is 99.0 Å². The smallest absolute Gasteiger partial charge is 0.187 e. The highest BCUT2D eigenvalue weighted by atomic mass is 16.8. The lowest BCUT2D eigenvalue weighted by molar-refractivity contribution is -0.376. The summed E-state index contributed by atoms with van der Waals surface area (Å²) in [5.74, 6) is 0. The van der Waals surface area contributed by atoms with E-state index in [9.17, 15) is 0 Å². The van der Waals surface area contributed by atoms with Gasteiger partial charge in [0.25, 0.3) is 0 Å². The SMILES string of the molecule is C(=C\CO[C@@H]1[C@@H](OC2CCCCC2)O[C@@H]2COC(c3ccccc3)O[C@H]2[C@@H]1OCc1ccccc1)/CO[C@@H]1[C@@H](OC2CCCCC2)O[C@@H]2COC(c3ccccc3)O[C@H]2[C@@H]1OCc1ccccc1. The van der Waals surface area contributed by atoms with E-state index in [-0.39, 0.29) is 25.4 Å². The average Bonchev–Trinajstić information content (AvgIpc) is 3.40. The molecule has 4 aromatic carbocycles. The Morgan fingerprint density at radius 2 is 0.794 bits per heavy atom. The summed E-state index contributed by atoms with van der Waals surface area (Å²) in [7, 11) is 0. The van der Waals surface area contributed by atoms with Crippen LogP contribution in [0.2, 0.25) is 0 Å². The molecule has 0 radical (unpaired) electrons. The minimum absolute atomic E-state index is 0.0680. The van der Waals surface area contributed by atoms with Gasteiger partial charge < -0.3 is 56.8 Å². The van der Waals surface area contributed by atoms with Gasteiger partial charge in [-0.3, -0.25) is 0 Å². The predicted molar refractivity (Wildman–Crippen MR) is 252 cm³/mol. The van der Waals surface area contributed by atoms with Gasteiger partial charge in [0.05, 0.1) is 51.8 Å². The number of ether oxygens (including phenoxy) is 12. The Kier molecular flexibility index (Phi) is 17.1. The summed E-state index contributed by atoms with van der Waals surface area (Å²) in [6.07, 6.45) is 8.45. The van der Waals surface area contributed by atoms with Gasteiger partial charge in [-0.25, -0.2) is 0 Å². The Balaban J connectivity index is 0.869. The van der Waals surface area contributed by atoms with E-state index < -0.39 is 74.0 Å². The van der Waals surface area contributed by atoms with Crippen LogP contribution in [0.4, 0.5) is 0 Å². The standard InChI is InChI=1S/C56H68O12/c1-7-21-39(22-8-1)35-59-49-47-45(37-61-53(67-47)41-25-11-3-12-26-41)65-55(63-43-29-15-5-16-30-43)51(49)57-33-19-20-34-58-52-50(60-36-40-23-9-2-10-24-40)48-46(66-56(52)64-44-31-17-6-18-32-44)38-62-54(68-48)42-27-13-4-14-28-42/h1-4,7-14,19-28,43-56H,5-6,15-18,29-38H2/b20-19+/t45-,46-,47-,48-,49+,50+,51+,52+,53?,54?,55+,56+/m1/s1. The lowest BCUT2D eigenvalue weighted by Gasteiger charge is -2.49. The molecule has 68 heavy (non-hydrogen) atoms. The van der Waals surface area contributed by atoms with Crippen LogP contribution in [0.3, 0.4) is 0 Å². The van der Waals surface area contributed by atoms with Crippen molar-refractivity contribution in [3.05, 3.63) is 156 Å². The van der Waals surface area contributed by atoms with Crippen LogP contribution in [-0.4, -0.2) is 100 Å². The van der Waals surface area contributed by atoms with Gasteiger partial charge in [-0.1, -0.05) is 172 Å². The van der Waals surface area contributed by atoms with E-state index in [4.69, 9.17) is 56.8 Å². The zero-order chi connectivity index (χ0) is 45.7. The van der Waals surface area contributed by atoms with Crippen LogP contribution in [0.25, 0.3) is 0 Å². The van der Waals surface area contributed by atoms with Crippen LogP contribution < -0.4 is 0 Å². The number of hydrogen-bond donors (Lipinski definition) is 0. The second kappa shape index (κ2) is 24.3. The first-order chi connectivity index (χ1) is 33.7. The van der Waals surface area contributed by atoms with Crippen molar-refractivity contribution in [2.24, 2.45) is 0 Å². The third-order valence-corrected chi connectivity index (χ3v) is 14.0. The highest BCUT2D eigenvalue weighted by Crippen LogP contribution is 2.40. The third-order valence-electron chi connectivity index (χ3n) is 14.0. The quantitative estimate of drug-likeness (QED) is 0.0887. The largest absolute Gasteiger partial charge is 0.368 e.